The lowest BCUT2D eigenvalue weighted by atomic mass is 10.1. The van der Waals surface area contributed by atoms with Gasteiger partial charge in [-0.25, -0.2) is 0 Å². The lowest BCUT2D eigenvalue weighted by Gasteiger charge is -2.26. The van der Waals surface area contributed by atoms with E-state index in [1.54, 1.807) is 12.1 Å². The Morgan fingerprint density at radius 3 is 2.56 bits per heavy atom. The van der Waals surface area contributed by atoms with Crippen molar-refractivity contribution in [2.75, 3.05) is 26.9 Å². The maximum atomic E-state index is 13.0. The van der Waals surface area contributed by atoms with Gasteiger partial charge in [0, 0.05) is 26.1 Å². The van der Waals surface area contributed by atoms with Crippen LogP contribution in [0.2, 0.25) is 0 Å². The maximum Gasteiger partial charge on any atom is 0.422 e. The number of amides is 1. The highest BCUT2D eigenvalue weighted by Gasteiger charge is 2.29. The number of methoxy groups -OCH3 is 1. The first kappa shape index (κ1) is 23.9. The number of rotatable bonds is 10. The number of benzene rings is 2. The first-order valence-electron chi connectivity index (χ1n) is 10.6. The summed E-state index contributed by atoms with van der Waals surface area (Å²) in [5.74, 6) is 0.226. The van der Waals surface area contributed by atoms with Crippen molar-refractivity contribution in [2.24, 2.45) is 0 Å². The zero-order valence-electron chi connectivity index (χ0n) is 18.1. The molecule has 1 atom stereocenters. The minimum absolute atomic E-state index is 0.000665. The van der Waals surface area contributed by atoms with E-state index in [0.717, 1.165) is 30.6 Å². The fourth-order valence-corrected chi connectivity index (χ4v) is 3.65. The summed E-state index contributed by atoms with van der Waals surface area (Å²) in [7, 11) is 1.37. The molecule has 2 aromatic rings. The second-order valence-electron chi connectivity index (χ2n) is 7.78. The molecule has 1 heterocycles. The van der Waals surface area contributed by atoms with Crippen molar-refractivity contribution in [1.82, 2.24) is 4.90 Å². The first-order chi connectivity index (χ1) is 15.3. The van der Waals surface area contributed by atoms with Crippen molar-refractivity contribution in [2.45, 2.75) is 44.5 Å². The molecule has 1 unspecified atom stereocenters. The Hall–Kier alpha value is -2.74. The minimum Gasteiger partial charge on any atom is -0.493 e. The molecule has 0 spiro atoms. The summed E-state index contributed by atoms with van der Waals surface area (Å²) in [6, 6.07) is 14.5. The normalized spacial score (nSPS) is 16.1. The third kappa shape index (κ3) is 7.44. The number of hydrogen-bond donors (Lipinski definition) is 0. The summed E-state index contributed by atoms with van der Waals surface area (Å²) >= 11 is 0. The third-order valence-electron chi connectivity index (χ3n) is 5.26. The molecule has 0 bridgehead atoms. The van der Waals surface area contributed by atoms with Crippen LogP contribution < -0.4 is 9.47 Å². The molecule has 0 aromatic heterocycles. The van der Waals surface area contributed by atoms with Gasteiger partial charge >= 0.3 is 6.18 Å². The summed E-state index contributed by atoms with van der Waals surface area (Å²) < 4.78 is 53.0. The van der Waals surface area contributed by atoms with Crippen molar-refractivity contribution in [3.05, 3.63) is 59.7 Å². The van der Waals surface area contributed by atoms with Crippen LogP contribution in [0.5, 0.6) is 11.5 Å². The molecular weight excluding hydrogens is 423 g/mol. The number of nitrogens with zero attached hydrogens (tertiary/aromatic N) is 1. The van der Waals surface area contributed by atoms with Gasteiger partial charge in [0.1, 0.15) is 0 Å². The summed E-state index contributed by atoms with van der Waals surface area (Å²) in [6.07, 6.45) is -1.73. The summed E-state index contributed by atoms with van der Waals surface area (Å²) in [5, 5.41) is 0. The van der Waals surface area contributed by atoms with E-state index < -0.39 is 12.8 Å². The Balaban J connectivity index is 1.62. The van der Waals surface area contributed by atoms with Gasteiger partial charge in [-0.15, -0.1) is 0 Å². The van der Waals surface area contributed by atoms with Crippen LogP contribution in [0.15, 0.2) is 48.5 Å². The van der Waals surface area contributed by atoms with Gasteiger partial charge in [0.2, 0.25) is 5.91 Å². The van der Waals surface area contributed by atoms with Crippen molar-refractivity contribution < 1.29 is 32.2 Å². The monoisotopic (exact) mass is 451 g/mol. The number of alkyl halides is 3. The predicted octanol–water partition coefficient (Wildman–Crippen LogP) is 4.78. The molecule has 0 N–H and O–H groups in total. The van der Waals surface area contributed by atoms with Gasteiger partial charge < -0.3 is 19.1 Å². The van der Waals surface area contributed by atoms with Crippen LogP contribution in [0.25, 0.3) is 0 Å². The summed E-state index contributed by atoms with van der Waals surface area (Å²) in [4.78, 5) is 14.9. The predicted molar refractivity (Wildman–Crippen MR) is 114 cm³/mol. The molecule has 1 amide bonds. The van der Waals surface area contributed by atoms with E-state index in [9.17, 15) is 18.0 Å². The minimum atomic E-state index is -4.43. The van der Waals surface area contributed by atoms with Crippen LogP contribution >= 0.6 is 0 Å². The van der Waals surface area contributed by atoms with Gasteiger partial charge in [-0.2, -0.15) is 13.2 Å². The molecule has 8 heteroatoms. The molecule has 5 nitrogen and oxygen atoms in total. The Morgan fingerprint density at radius 1 is 1.12 bits per heavy atom. The molecule has 0 radical (unpaired) electrons. The number of carbonyl (C=O) groups excluding carboxylic acids is 1. The zero-order chi connectivity index (χ0) is 23.0. The van der Waals surface area contributed by atoms with Crippen molar-refractivity contribution in [3.8, 4) is 11.5 Å². The Morgan fingerprint density at radius 2 is 1.91 bits per heavy atom. The van der Waals surface area contributed by atoms with Gasteiger partial charge in [0.25, 0.3) is 0 Å². The van der Waals surface area contributed by atoms with Crippen molar-refractivity contribution >= 4 is 5.91 Å². The summed E-state index contributed by atoms with van der Waals surface area (Å²) in [6.45, 7) is 0.383. The summed E-state index contributed by atoms with van der Waals surface area (Å²) in [5.41, 5.74) is 1.83. The highest BCUT2D eigenvalue weighted by molar-refractivity contribution is 5.76. The lowest BCUT2D eigenvalue weighted by molar-refractivity contribution is -0.153. The van der Waals surface area contributed by atoms with Crippen LogP contribution in [0.4, 0.5) is 13.2 Å². The van der Waals surface area contributed by atoms with Gasteiger partial charge in [-0.1, -0.05) is 36.4 Å². The highest BCUT2D eigenvalue weighted by atomic mass is 19.4. The molecule has 3 rings (SSSR count). The molecule has 32 heavy (non-hydrogen) atoms. The molecule has 1 aliphatic heterocycles. The van der Waals surface area contributed by atoms with E-state index in [1.165, 1.54) is 13.2 Å². The largest absolute Gasteiger partial charge is 0.493 e. The third-order valence-corrected chi connectivity index (χ3v) is 5.26. The average molecular weight is 451 g/mol. The quantitative estimate of drug-likeness (QED) is 0.522. The van der Waals surface area contributed by atoms with E-state index in [-0.39, 0.29) is 29.9 Å². The van der Waals surface area contributed by atoms with Crippen LogP contribution in [0.3, 0.4) is 0 Å². The Kier molecular flexibility index (Phi) is 8.39. The van der Waals surface area contributed by atoms with Crippen LogP contribution in [0.1, 0.15) is 30.4 Å². The van der Waals surface area contributed by atoms with Crippen LogP contribution in [0, 0.1) is 0 Å². The SMILES string of the molecule is COc1cc(CCC(=O)N(Cc2ccccc2)CC2CCCO2)ccc1OCC(F)(F)F. The highest BCUT2D eigenvalue weighted by Crippen LogP contribution is 2.30. The molecule has 174 valence electrons. The zero-order valence-corrected chi connectivity index (χ0v) is 18.1. The molecule has 0 aliphatic carbocycles. The molecule has 1 fully saturated rings. The second kappa shape index (κ2) is 11.2. The fourth-order valence-electron chi connectivity index (χ4n) is 3.65. The number of halogens is 3. The smallest absolute Gasteiger partial charge is 0.422 e. The van der Waals surface area contributed by atoms with Gasteiger partial charge in [0.15, 0.2) is 18.1 Å². The van der Waals surface area contributed by atoms with E-state index in [1.807, 2.05) is 35.2 Å². The van der Waals surface area contributed by atoms with Crippen molar-refractivity contribution in [1.29, 1.82) is 0 Å². The van der Waals surface area contributed by atoms with E-state index in [4.69, 9.17) is 14.2 Å². The van der Waals surface area contributed by atoms with E-state index in [2.05, 4.69) is 0 Å². The van der Waals surface area contributed by atoms with E-state index >= 15 is 0 Å². The maximum absolute atomic E-state index is 13.0. The molecule has 0 saturated carbocycles. The number of ether oxygens (including phenoxy) is 3. The number of aryl methyl sites for hydroxylation is 1. The number of hydrogen-bond acceptors (Lipinski definition) is 4. The molecule has 2 aromatic carbocycles. The fraction of sp³-hybridized carbons (Fsp3) is 0.458. The first-order valence-corrected chi connectivity index (χ1v) is 10.6. The van der Waals surface area contributed by atoms with Gasteiger partial charge in [-0.3, -0.25) is 4.79 Å². The van der Waals surface area contributed by atoms with Gasteiger partial charge in [0.05, 0.1) is 13.2 Å². The van der Waals surface area contributed by atoms with Gasteiger partial charge in [-0.05, 0) is 42.5 Å². The second-order valence-corrected chi connectivity index (χ2v) is 7.78. The van der Waals surface area contributed by atoms with Crippen LogP contribution in [-0.4, -0.2) is 50.0 Å². The Labute approximate surface area is 186 Å². The molecule has 1 aliphatic rings. The average Bonchev–Trinajstić information content (AvgIpc) is 3.29. The Bertz CT molecular complexity index is 867. The topological polar surface area (TPSA) is 48.0 Å². The molecular formula is C24H28F3NO4. The lowest BCUT2D eigenvalue weighted by Crippen LogP contribution is -2.37. The standard InChI is InChI=1S/C24H28F3NO4/c1-30-22-14-18(9-11-21(22)32-17-24(25,26)27)10-12-23(29)28(16-20-8-5-13-31-20)15-19-6-3-2-4-7-19/h2-4,6-7,9,11,14,20H,5,8,10,12-13,15-17H2,1H3. The van der Waals surface area contributed by atoms with E-state index in [0.29, 0.717) is 19.5 Å². The molecule has 1 saturated heterocycles. The van der Waals surface area contributed by atoms with Crippen molar-refractivity contribution in [3.63, 3.8) is 0 Å². The van der Waals surface area contributed by atoms with Crippen LogP contribution in [-0.2, 0) is 22.5 Å². The number of carbonyl (C=O) groups is 1.